The van der Waals surface area contributed by atoms with Crippen molar-refractivity contribution in [3.63, 3.8) is 0 Å². The molecule has 186 valence electrons. The Bertz CT molecular complexity index is 1260. The highest BCUT2D eigenvalue weighted by Gasteiger charge is 2.25. The van der Waals surface area contributed by atoms with Crippen LogP contribution in [0.5, 0.6) is 11.5 Å². The lowest BCUT2D eigenvalue weighted by Crippen LogP contribution is -2.51. The van der Waals surface area contributed by atoms with E-state index in [4.69, 9.17) is 5.21 Å². The van der Waals surface area contributed by atoms with Crippen LogP contribution < -0.4 is 16.1 Å². The predicted octanol–water partition coefficient (Wildman–Crippen LogP) is 1.77. The minimum atomic E-state index is -1.29. The summed E-state index contributed by atoms with van der Waals surface area (Å²) in [6.07, 6.45) is -1.19. The average molecular weight is 490 g/mol. The van der Waals surface area contributed by atoms with Gasteiger partial charge >= 0.3 is 0 Å². The van der Waals surface area contributed by atoms with Gasteiger partial charge in [0.15, 0.2) is 11.5 Å². The van der Waals surface area contributed by atoms with Crippen molar-refractivity contribution >= 4 is 11.8 Å². The zero-order chi connectivity index (χ0) is 26.1. The van der Waals surface area contributed by atoms with Crippen molar-refractivity contribution in [3.05, 3.63) is 94.5 Å². The molecular weight excluding hydrogens is 462 g/mol. The molecule has 0 saturated carbocycles. The van der Waals surface area contributed by atoms with Crippen LogP contribution in [-0.4, -0.2) is 44.5 Å². The number of aliphatic hydroxyl groups excluding tert-OH is 1. The molecule has 0 saturated heterocycles. The smallest absolute Gasteiger partial charge is 0.268 e. The van der Waals surface area contributed by atoms with E-state index in [1.807, 2.05) is 24.3 Å². The van der Waals surface area contributed by atoms with Crippen LogP contribution in [0.4, 0.5) is 0 Å². The molecule has 0 aliphatic rings. The summed E-state index contributed by atoms with van der Waals surface area (Å²) in [5, 5.41) is 42.9. The molecule has 9 nitrogen and oxygen atoms in total. The Hall–Kier alpha value is -4.36. The molecule has 0 aliphatic heterocycles. The fourth-order valence-corrected chi connectivity index (χ4v) is 3.28. The number of nitrogens with one attached hydrogen (secondary N) is 3. The summed E-state index contributed by atoms with van der Waals surface area (Å²) in [4.78, 5) is 23.9. The molecule has 3 aromatic rings. The van der Waals surface area contributed by atoms with Crippen LogP contribution in [0.15, 0.2) is 66.7 Å². The first kappa shape index (κ1) is 26.2. The van der Waals surface area contributed by atoms with Gasteiger partial charge in [0.25, 0.3) is 11.8 Å². The van der Waals surface area contributed by atoms with E-state index in [1.54, 1.807) is 30.3 Å². The lowest BCUT2D eigenvalue weighted by atomic mass is 10.1. The molecule has 9 heteroatoms. The van der Waals surface area contributed by atoms with Gasteiger partial charge in [-0.25, -0.2) is 5.48 Å². The second kappa shape index (κ2) is 12.4. The number of carbonyl (C=O) groups excluding carboxylic acids is 2. The zero-order valence-corrected chi connectivity index (χ0v) is 19.5. The van der Waals surface area contributed by atoms with Crippen molar-refractivity contribution in [2.75, 3.05) is 0 Å². The number of aromatic hydroxyl groups is 2. The maximum atomic E-state index is 12.3. The molecule has 2 unspecified atom stereocenters. The third-order valence-corrected chi connectivity index (χ3v) is 5.31. The normalized spacial score (nSPS) is 12.1. The Morgan fingerprint density at radius 3 is 1.94 bits per heavy atom. The van der Waals surface area contributed by atoms with Gasteiger partial charge in [-0.15, -0.1) is 0 Å². The summed E-state index contributed by atoms with van der Waals surface area (Å²) in [7, 11) is 0. The van der Waals surface area contributed by atoms with Gasteiger partial charge in [-0.2, -0.15) is 0 Å². The summed E-state index contributed by atoms with van der Waals surface area (Å²) in [6, 6.07) is 17.6. The number of aliphatic hydroxyl groups is 1. The second-order valence-corrected chi connectivity index (χ2v) is 8.12. The molecule has 0 spiro atoms. The molecule has 0 fully saturated rings. The quantitative estimate of drug-likeness (QED) is 0.110. The Morgan fingerprint density at radius 1 is 0.833 bits per heavy atom. The highest BCUT2D eigenvalue weighted by Crippen LogP contribution is 2.24. The number of carbonyl (C=O) groups is 2. The lowest BCUT2D eigenvalue weighted by molar-refractivity contribution is -0.133. The van der Waals surface area contributed by atoms with Crippen molar-refractivity contribution in [2.24, 2.45) is 0 Å². The number of hydrogen-bond acceptors (Lipinski definition) is 7. The van der Waals surface area contributed by atoms with Crippen LogP contribution in [0.3, 0.4) is 0 Å². The molecule has 2 amide bonds. The number of amides is 2. The number of rotatable bonds is 8. The van der Waals surface area contributed by atoms with Gasteiger partial charge in [0.2, 0.25) is 0 Å². The van der Waals surface area contributed by atoms with Gasteiger partial charge in [0.05, 0.1) is 6.10 Å². The second-order valence-electron chi connectivity index (χ2n) is 8.12. The molecule has 0 bridgehead atoms. The average Bonchev–Trinajstić information content (AvgIpc) is 2.88. The number of phenolic OH excluding ortho intramolecular Hbond substituents is 2. The highest BCUT2D eigenvalue weighted by atomic mass is 16.5. The third-order valence-electron chi connectivity index (χ3n) is 5.31. The van der Waals surface area contributed by atoms with Crippen LogP contribution in [0.25, 0.3) is 0 Å². The van der Waals surface area contributed by atoms with Crippen molar-refractivity contribution in [1.29, 1.82) is 0 Å². The molecule has 3 aromatic carbocycles. The van der Waals surface area contributed by atoms with Gasteiger partial charge in [-0.05, 0) is 66.6 Å². The van der Waals surface area contributed by atoms with Crippen LogP contribution in [0, 0.1) is 11.8 Å². The first-order chi connectivity index (χ1) is 17.3. The molecular formula is C27H27N3O6. The fraction of sp³-hybridized carbons (Fsp3) is 0.185. The van der Waals surface area contributed by atoms with Crippen LogP contribution >= 0.6 is 0 Å². The predicted molar refractivity (Wildman–Crippen MR) is 132 cm³/mol. The Balaban J connectivity index is 1.54. The first-order valence-electron chi connectivity index (χ1n) is 11.1. The van der Waals surface area contributed by atoms with E-state index < -0.39 is 24.0 Å². The van der Waals surface area contributed by atoms with E-state index >= 15 is 0 Å². The largest absolute Gasteiger partial charge is 0.504 e. The summed E-state index contributed by atoms with van der Waals surface area (Å²) < 4.78 is 0. The minimum Gasteiger partial charge on any atom is -0.504 e. The summed E-state index contributed by atoms with van der Waals surface area (Å²) in [6.45, 7) is 2.48. The monoisotopic (exact) mass is 489 g/mol. The van der Waals surface area contributed by atoms with Crippen molar-refractivity contribution < 1.29 is 30.1 Å². The number of hydrogen-bond donors (Lipinski definition) is 7. The van der Waals surface area contributed by atoms with E-state index in [0.29, 0.717) is 18.7 Å². The van der Waals surface area contributed by atoms with Crippen molar-refractivity contribution in [3.8, 4) is 23.3 Å². The molecule has 36 heavy (non-hydrogen) atoms. The summed E-state index contributed by atoms with van der Waals surface area (Å²) >= 11 is 0. The van der Waals surface area contributed by atoms with E-state index in [9.17, 15) is 24.9 Å². The van der Waals surface area contributed by atoms with Gasteiger partial charge in [0.1, 0.15) is 6.04 Å². The highest BCUT2D eigenvalue weighted by molar-refractivity contribution is 5.97. The van der Waals surface area contributed by atoms with E-state index in [1.165, 1.54) is 24.5 Å². The zero-order valence-electron chi connectivity index (χ0n) is 19.5. The summed E-state index contributed by atoms with van der Waals surface area (Å²) in [5.74, 6) is 4.31. The number of hydroxylamine groups is 1. The molecule has 0 radical (unpaired) electrons. The van der Waals surface area contributed by atoms with Crippen molar-refractivity contribution in [1.82, 2.24) is 16.1 Å². The Morgan fingerprint density at radius 2 is 1.39 bits per heavy atom. The topological polar surface area (TPSA) is 151 Å². The Labute approximate surface area is 208 Å². The first-order valence-corrected chi connectivity index (χ1v) is 11.1. The standard InChI is InChI=1S/C27H27N3O6/c1-17(31)25(27(35)30-36)29-26(34)22-11-8-19(9-12-22)3-2-18-4-6-20(7-5-18)15-28-16-21-10-13-23(32)24(33)14-21/h4-14,17,25,28,31-33,36H,15-16H2,1H3,(H,29,34)(H,30,35). The van der Waals surface area contributed by atoms with Gasteiger partial charge in [-0.1, -0.05) is 30.0 Å². The Kier molecular flexibility index (Phi) is 9.02. The maximum absolute atomic E-state index is 12.3. The van der Waals surface area contributed by atoms with E-state index in [-0.39, 0.29) is 17.1 Å². The molecule has 2 atom stereocenters. The molecule has 0 aromatic heterocycles. The van der Waals surface area contributed by atoms with Gasteiger partial charge in [-0.3, -0.25) is 14.8 Å². The summed E-state index contributed by atoms with van der Waals surface area (Å²) in [5.41, 5.74) is 5.11. The van der Waals surface area contributed by atoms with Crippen LogP contribution in [0.1, 0.15) is 39.5 Å². The molecule has 7 N–H and O–H groups in total. The molecule has 3 rings (SSSR count). The number of phenols is 2. The van der Waals surface area contributed by atoms with Crippen LogP contribution in [0.2, 0.25) is 0 Å². The maximum Gasteiger partial charge on any atom is 0.268 e. The third kappa shape index (κ3) is 7.32. The van der Waals surface area contributed by atoms with E-state index in [2.05, 4.69) is 22.5 Å². The fourth-order valence-electron chi connectivity index (χ4n) is 3.28. The molecule has 0 aliphatic carbocycles. The molecule has 0 heterocycles. The van der Waals surface area contributed by atoms with Gasteiger partial charge in [0, 0.05) is 29.8 Å². The lowest BCUT2D eigenvalue weighted by Gasteiger charge is -2.19. The van der Waals surface area contributed by atoms with Crippen molar-refractivity contribution in [2.45, 2.75) is 32.2 Å². The number of benzene rings is 3. The van der Waals surface area contributed by atoms with E-state index in [0.717, 1.165) is 16.7 Å². The van der Waals surface area contributed by atoms with Gasteiger partial charge < -0.3 is 26.0 Å². The SMILES string of the molecule is CC(O)C(NC(=O)c1ccc(C#Cc2ccc(CNCc3ccc(O)c(O)c3)cc2)cc1)C(=O)NO. The van der Waals surface area contributed by atoms with Crippen LogP contribution in [-0.2, 0) is 17.9 Å². The minimum absolute atomic E-state index is 0.146.